The first-order valence-corrected chi connectivity index (χ1v) is 12.9. The quantitative estimate of drug-likeness (QED) is 0.217. The van der Waals surface area contributed by atoms with Crippen molar-refractivity contribution in [3.63, 3.8) is 0 Å². The molecule has 8 unspecified atom stereocenters. The summed E-state index contributed by atoms with van der Waals surface area (Å²) < 4.78 is 11.3. The van der Waals surface area contributed by atoms with Gasteiger partial charge in [0, 0.05) is 42.2 Å². The molecule has 0 spiro atoms. The number of ketones is 1. The Labute approximate surface area is 212 Å². The van der Waals surface area contributed by atoms with Crippen LogP contribution in [-0.2, 0) is 19.1 Å². The Hall–Kier alpha value is -1.65. The fourth-order valence-electron chi connectivity index (χ4n) is 8.13. The minimum Gasteiger partial charge on any atom is -0.456 e. The van der Waals surface area contributed by atoms with Crippen LogP contribution < -0.4 is 0 Å². The molecule has 0 aromatic rings. The second-order valence-electron chi connectivity index (χ2n) is 12.4. The lowest BCUT2D eigenvalue weighted by atomic mass is 9.42. The standard InChI is InChI=1S/C27H41NO8/c1-12(10-28)20(30)23(32)36-16-9-27(34)15(4)21-25(7,17(29)8-18-26(21,33)11-35-18)22(31)14(3)19(13(16)2)24(27,5)6/h10,12,14-18,20-21,28-30,33-34H,8-9,11H2,1-7H3/t12?,14-,15?,16?,17?,18?,20?,21?,25-,26+,27?/m1/s1. The van der Waals surface area contributed by atoms with Gasteiger partial charge in [-0.2, -0.15) is 0 Å². The summed E-state index contributed by atoms with van der Waals surface area (Å²) >= 11 is 0. The molecular formula is C27H41NO8. The van der Waals surface area contributed by atoms with Crippen molar-refractivity contribution in [2.24, 2.45) is 34.5 Å². The summed E-state index contributed by atoms with van der Waals surface area (Å²) in [5, 5.41) is 53.2. The van der Waals surface area contributed by atoms with Crippen molar-refractivity contribution in [3.05, 3.63) is 11.1 Å². The van der Waals surface area contributed by atoms with E-state index in [1.54, 1.807) is 27.7 Å². The van der Waals surface area contributed by atoms with Crippen LogP contribution in [-0.4, -0.2) is 80.6 Å². The molecule has 9 nitrogen and oxygen atoms in total. The van der Waals surface area contributed by atoms with E-state index < -0.39 is 76.1 Å². The number of rotatable bonds is 4. The van der Waals surface area contributed by atoms with Crippen molar-refractivity contribution in [3.8, 4) is 0 Å². The molecule has 4 rings (SSSR count). The third-order valence-electron chi connectivity index (χ3n) is 10.4. The zero-order chi connectivity index (χ0) is 27.2. The highest BCUT2D eigenvalue weighted by atomic mass is 16.6. The maximum Gasteiger partial charge on any atom is 0.336 e. The molecule has 0 amide bonds. The van der Waals surface area contributed by atoms with Crippen LogP contribution >= 0.6 is 0 Å². The molecule has 5 N–H and O–H groups in total. The number of aliphatic hydroxyl groups excluding tert-OH is 2. The van der Waals surface area contributed by atoms with E-state index in [2.05, 4.69) is 0 Å². The van der Waals surface area contributed by atoms with Gasteiger partial charge < -0.3 is 35.3 Å². The van der Waals surface area contributed by atoms with Gasteiger partial charge in [-0.1, -0.05) is 34.6 Å². The van der Waals surface area contributed by atoms with Crippen LogP contribution in [0.15, 0.2) is 11.1 Å². The van der Waals surface area contributed by atoms with Gasteiger partial charge in [-0.05, 0) is 30.9 Å². The number of Topliss-reactive ketones (excluding diaryl/α,β-unsaturated/α-hetero) is 1. The number of carbonyl (C=O) groups is 2. The summed E-state index contributed by atoms with van der Waals surface area (Å²) in [6, 6.07) is 0. The molecule has 1 heterocycles. The molecule has 1 saturated heterocycles. The number of hydrogen-bond donors (Lipinski definition) is 5. The highest BCUT2D eigenvalue weighted by Crippen LogP contribution is 2.65. The molecule has 3 fully saturated rings. The number of fused-ring (bicyclic) bond motifs is 5. The minimum atomic E-state index is -1.53. The first-order valence-electron chi connectivity index (χ1n) is 12.9. The first kappa shape index (κ1) is 27.4. The van der Waals surface area contributed by atoms with E-state index in [0.29, 0.717) is 11.1 Å². The number of ether oxygens (including phenoxy) is 2. The van der Waals surface area contributed by atoms with Crippen molar-refractivity contribution >= 4 is 18.0 Å². The molecule has 4 aliphatic rings. The minimum absolute atomic E-state index is 0.000873. The molecule has 0 radical (unpaired) electrons. The highest BCUT2D eigenvalue weighted by Gasteiger charge is 2.73. The van der Waals surface area contributed by atoms with Crippen LogP contribution in [0.3, 0.4) is 0 Å². The molecule has 11 atom stereocenters. The van der Waals surface area contributed by atoms with Gasteiger partial charge in [-0.25, -0.2) is 4.79 Å². The zero-order valence-electron chi connectivity index (χ0n) is 22.2. The lowest BCUT2D eigenvalue weighted by molar-refractivity contribution is -0.335. The van der Waals surface area contributed by atoms with Crippen molar-refractivity contribution in [1.82, 2.24) is 0 Å². The third-order valence-corrected chi connectivity index (χ3v) is 10.4. The Morgan fingerprint density at radius 1 is 1.25 bits per heavy atom. The van der Waals surface area contributed by atoms with E-state index >= 15 is 0 Å². The molecule has 9 heteroatoms. The van der Waals surface area contributed by atoms with E-state index in [0.717, 1.165) is 6.21 Å². The molecular weight excluding hydrogens is 466 g/mol. The van der Waals surface area contributed by atoms with Gasteiger partial charge in [0.1, 0.15) is 17.5 Å². The Kier molecular flexibility index (Phi) is 6.41. The fraction of sp³-hybridized carbons (Fsp3) is 0.815. The molecule has 0 aromatic carbocycles. The Morgan fingerprint density at radius 2 is 1.86 bits per heavy atom. The second kappa shape index (κ2) is 8.43. The number of aliphatic hydroxyl groups is 4. The molecule has 2 bridgehead atoms. The number of hydrogen-bond acceptors (Lipinski definition) is 9. The fourth-order valence-corrected chi connectivity index (χ4v) is 8.13. The van der Waals surface area contributed by atoms with E-state index in [1.807, 2.05) is 13.8 Å². The number of nitrogens with one attached hydrogen (secondary N) is 1. The van der Waals surface area contributed by atoms with Gasteiger partial charge >= 0.3 is 5.97 Å². The van der Waals surface area contributed by atoms with Crippen LogP contribution in [0.5, 0.6) is 0 Å². The SMILES string of the molecule is CC1=C2[C@@H](C)C(=O)[C@]3(C)C(O)CC4OC[C@@]4(O)C3C(C)C(O)(CC1OC(=O)C(O)C(C)C=N)C2(C)C. The molecule has 1 aliphatic heterocycles. The Morgan fingerprint density at radius 3 is 2.39 bits per heavy atom. The molecule has 3 aliphatic carbocycles. The van der Waals surface area contributed by atoms with Crippen molar-refractivity contribution in [2.75, 3.05) is 6.61 Å². The summed E-state index contributed by atoms with van der Waals surface area (Å²) in [5.41, 5.74) is -3.87. The lowest BCUT2D eigenvalue weighted by Gasteiger charge is -2.67. The average Bonchev–Trinajstić information content (AvgIpc) is 2.81. The monoisotopic (exact) mass is 507 g/mol. The van der Waals surface area contributed by atoms with Gasteiger partial charge in [0.2, 0.25) is 0 Å². The summed E-state index contributed by atoms with van der Waals surface area (Å²) in [4.78, 5) is 27.0. The molecule has 0 aromatic heterocycles. The maximum atomic E-state index is 14.2. The third kappa shape index (κ3) is 3.29. The van der Waals surface area contributed by atoms with Gasteiger partial charge in [0.25, 0.3) is 0 Å². The predicted molar refractivity (Wildman–Crippen MR) is 130 cm³/mol. The maximum absolute atomic E-state index is 14.2. The van der Waals surface area contributed by atoms with E-state index in [9.17, 15) is 30.0 Å². The summed E-state index contributed by atoms with van der Waals surface area (Å²) in [5.74, 6) is -4.08. The topological polar surface area (TPSA) is 157 Å². The van der Waals surface area contributed by atoms with E-state index in [4.69, 9.17) is 14.9 Å². The largest absolute Gasteiger partial charge is 0.456 e. The van der Waals surface area contributed by atoms with E-state index in [-0.39, 0.29) is 25.2 Å². The zero-order valence-corrected chi connectivity index (χ0v) is 22.2. The van der Waals surface area contributed by atoms with Gasteiger partial charge in [-0.15, -0.1) is 0 Å². The van der Waals surface area contributed by atoms with Crippen molar-refractivity contribution in [1.29, 1.82) is 5.41 Å². The molecule has 2 saturated carbocycles. The van der Waals surface area contributed by atoms with Crippen molar-refractivity contribution < 1.29 is 39.5 Å². The first-order chi connectivity index (χ1) is 16.5. The normalized spacial score (nSPS) is 47.4. The second-order valence-corrected chi connectivity index (χ2v) is 12.4. The molecule has 202 valence electrons. The van der Waals surface area contributed by atoms with Gasteiger partial charge in [0.05, 0.1) is 29.8 Å². The van der Waals surface area contributed by atoms with Gasteiger partial charge in [-0.3, -0.25) is 4.79 Å². The average molecular weight is 508 g/mol. The van der Waals surface area contributed by atoms with Crippen LogP contribution in [0.25, 0.3) is 0 Å². The van der Waals surface area contributed by atoms with Crippen LogP contribution in [0.4, 0.5) is 0 Å². The lowest BCUT2D eigenvalue weighted by Crippen LogP contribution is -2.78. The van der Waals surface area contributed by atoms with E-state index in [1.165, 1.54) is 6.92 Å². The molecule has 36 heavy (non-hydrogen) atoms. The number of carbonyl (C=O) groups excluding carboxylic acids is 2. The van der Waals surface area contributed by atoms with Crippen molar-refractivity contribution in [2.45, 2.75) is 96.9 Å². The van der Waals surface area contributed by atoms with Gasteiger partial charge in [0.15, 0.2) is 6.10 Å². The summed E-state index contributed by atoms with van der Waals surface area (Å²) in [6.07, 6.45) is -3.02. The number of esters is 1. The Bertz CT molecular complexity index is 1010. The summed E-state index contributed by atoms with van der Waals surface area (Å²) in [7, 11) is 0. The van der Waals surface area contributed by atoms with Crippen LogP contribution in [0.2, 0.25) is 0 Å². The predicted octanol–water partition coefficient (Wildman–Crippen LogP) is 1.39. The Balaban J connectivity index is 1.88. The van der Waals surface area contributed by atoms with Crippen LogP contribution in [0.1, 0.15) is 61.3 Å². The van der Waals surface area contributed by atoms with Crippen LogP contribution in [0, 0.1) is 39.9 Å². The highest BCUT2D eigenvalue weighted by molar-refractivity contribution is 5.91. The summed E-state index contributed by atoms with van der Waals surface area (Å²) in [6.45, 7) is 12.3. The smallest absolute Gasteiger partial charge is 0.336 e.